The number of anilines is 2. The van der Waals surface area contributed by atoms with Crippen molar-refractivity contribution in [1.82, 2.24) is 0 Å². The molecule has 1 aliphatic heterocycles. The number of nitrogens with zero attached hydrogens (tertiary/aromatic N) is 1. The zero-order chi connectivity index (χ0) is 19.0. The second-order valence-corrected chi connectivity index (χ2v) is 9.04. The molecule has 0 spiro atoms. The van der Waals surface area contributed by atoms with E-state index >= 15 is 0 Å². The first-order valence-electron chi connectivity index (χ1n) is 9.50. The Hall–Kier alpha value is -2.34. The first kappa shape index (κ1) is 18.0. The van der Waals surface area contributed by atoms with Crippen LogP contribution in [-0.4, -0.2) is 20.9 Å². The van der Waals surface area contributed by atoms with Crippen LogP contribution in [0.2, 0.25) is 0 Å². The summed E-state index contributed by atoms with van der Waals surface area (Å²) < 4.78 is 28.4. The van der Waals surface area contributed by atoms with Crippen molar-refractivity contribution in [1.29, 1.82) is 0 Å². The second kappa shape index (κ2) is 7.00. The fourth-order valence-corrected chi connectivity index (χ4v) is 5.16. The highest BCUT2D eigenvalue weighted by Gasteiger charge is 2.22. The normalized spacial score (nSPS) is 16.4. The largest absolute Gasteiger partial charge is 0.312 e. The molecule has 142 valence electrons. The van der Waals surface area contributed by atoms with Gasteiger partial charge in [0.1, 0.15) is 0 Å². The lowest BCUT2D eigenvalue weighted by Gasteiger charge is -2.29. The van der Waals surface area contributed by atoms with Gasteiger partial charge >= 0.3 is 0 Å². The Balaban J connectivity index is 1.63. The fraction of sp³-hybridized carbons (Fsp3) is 0.381. The molecule has 1 N–H and O–H groups in total. The van der Waals surface area contributed by atoms with Crippen LogP contribution in [-0.2, 0) is 34.1 Å². The van der Waals surface area contributed by atoms with Crippen molar-refractivity contribution in [2.75, 3.05) is 16.2 Å². The molecular weight excluding hydrogens is 360 g/mol. The van der Waals surface area contributed by atoms with Crippen LogP contribution in [0, 0.1) is 0 Å². The molecule has 0 saturated carbocycles. The lowest BCUT2D eigenvalue weighted by Crippen LogP contribution is -2.33. The molecule has 27 heavy (non-hydrogen) atoms. The van der Waals surface area contributed by atoms with E-state index in [1.165, 1.54) is 12.0 Å². The van der Waals surface area contributed by atoms with E-state index in [0.717, 1.165) is 48.9 Å². The molecule has 1 aliphatic carbocycles. The number of amides is 1. The van der Waals surface area contributed by atoms with Crippen molar-refractivity contribution in [2.45, 2.75) is 50.3 Å². The van der Waals surface area contributed by atoms with Crippen molar-refractivity contribution >= 4 is 27.3 Å². The first-order valence-corrected chi connectivity index (χ1v) is 11.0. The highest BCUT2D eigenvalue weighted by molar-refractivity contribution is 7.92. The number of benzene rings is 2. The van der Waals surface area contributed by atoms with Gasteiger partial charge in [0.2, 0.25) is 5.91 Å². The van der Waals surface area contributed by atoms with Gasteiger partial charge in [-0.15, -0.1) is 0 Å². The summed E-state index contributed by atoms with van der Waals surface area (Å²) in [5.41, 5.74) is 4.76. The molecule has 0 fully saturated rings. The van der Waals surface area contributed by atoms with Gasteiger partial charge in [0.15, 0.2) is 0 Å². The SMILES string of the molecule is CC(=O)N1CCCc2ccc(NS(=O)(=O)c3ccc4c(c3)CCCC4)cc21. The molecule has 1 heterocycles. The molecule has 0 atom stereocenters. The number of hydrogen-bond acceptors (Lipinski definition) is 3. The average Bonchev–Trinajstić information content (AvgIpc) is 2.66. The molecule has 1 amide bonds. The van der Waals surface area contributed by atoms with Gasteiger partial charge in [-0.1, -0.05) is 12.1 Å². The molecule has 2 aromatic carbocycles. The molecule has 4 rings (SSSR count). The second-order valence-electron chi connectivity index (χ2n) is 7.36. The van der Waals surface area contributed by atoms with E-state index in [1.807, 2.05) is 12.1 Å². The molecule has 0 saturated heterocycles. The van der Waals surface area contributed by atoms with Crippen LogP contribution in [0.1, 0.15) is 42.9 Å². The zero-order valence-electron chi connectivity index (χ0n) is 15.5. The smallest absolute Gasteiger partial charge is 0.261 e. The third kappa shape index (κ3) is 3.58. The summed E-state index contributed by atoms with van der Waals surface area (Å²) in [5, 5.41) is 0. The Labute approximate surface area is 160 Å². The highest BCUT2D eigenvalue weighted by atomic mass is 32.2. The van der Waals surface area contributed by atoms with Crippen molar-refractivity contribution in [3.8, 4) is 0 Å². The summed E-state index contributed by atoms with van der Waals surface area (Å²) >= 11 is 0. The van der Waals surface area contributed by atoms with Crippen LogP contribution in [0.15, 0.2) is 41.3 Å². The number of nitrogens with one attached hydrogen (secondary N) is 1. The summed E-state index contributed by atoms with van der Waals surface area (Å²) in [6.07, 6.45) is 6.05. The summed E-state index contributed by atoms with van der Waals surface area (Å²) in [5.74, 6) is -0.0226. The molecular formula is C21H24N2O3S. The number of rotatable bonds is 3. The number of aryl methyl sites for hydroxylation is 3. The van der Waals surface area contributed by atoms with E-state index in [1.54, 1.807) is 36.1 Å². The van der Waals surface area contributed by atoms with Gasteiger partial charge in [-0.05, 0) is 79.5 Å². The molecule has 0 unspecified atom stereocenters. The molecule has 0 aromatic heterocycles. The Morgan fingerprint density at radius 3 is 2.41 bits per heavy atom. The van der Waals surface area contributed by atoms with Gasteiger partial charge in [-0.25, -0.2) is 8.42 Å². The summed E-state index contributed by atoms with van der Waals surface area (Å²) in [6, 6.07) is 10.9. The van der Waals surface area contributed by atoms with Crippen molar-refractivity contribution in [3.05, 3.63) is 53.1 Å². The monoisotopic (exact) mass is 384 g/mol. The standard InChI is InChI=1S/C21H24N2O3S/c1-15(24)23-12-4-7-17-8-10-19(14-21(17)23)22-27(25,26)20-11-9-16-5-2-3-6-18(16)13-20/h8-11,13-14,22H,2-7,12H2,1H3. The highest BCUT2D eigenvalue weighted by Crippen LogP contribution is 2.31. The number of carbonyl (C=O) groups is 1. The number of carbonyl (C=O) groups excluding carboxylic acids is 1. The zero-order valence-corrected chi connectivity index (χ0v) is 16.3. The third-order valence-electron chi connectivity index (χ3n) is 5.47. The molecule has 2 aliphatic rings. The maximum Gasteiger partial charge on any atom is 0.261 e. The number of fused-ring (bicyclic) bond motifs is 2. The molecule has 5 nitrogen and oxygen atoms in total. The third-order valence-corrected chi connectivity index (χ3v) is 6.85. The van der Waals surface area contributed by atoms with Crippen LogP contribution in [0.5, 0.6) is 0 Å². The Bertz CT molecular complexity index is 998. The van der Waals surface area contributed by atoms with E-state index in [2.05, 4.69) is 4.72 Å². The van der Waals surface area contributed by atoms with Crippen molar-refractivity contribution in [3.63, 3.8) is 0 Å². The summed E-state index contributed by atoms with van der Waals surface area (Å²) in [6.45, 7) is 2.21. The summed E-state index contributed by atoms with van der Waals surface area (Å²) in [4.78, 5) is 13.9. The van der Waals surface area contributed by atoms with E-state index in [0.29, 0.717) is 17.1 Å². The van der Waals surface area contributed by atoms with E-state index in [9.17, 15) is 13.2 Å². The number of sulfonamides is 1. The van der Waals surface area contributed by atoms with Crippen molar-refractivity contribution < 1.29 is 13.2 Å². The molecule has 0 radical (unpaired) electrons. The van der Waals surface area contributed by atoms with Crippen LogP contribution >= 0.6 is 0 Å². The first-order chi connectivity index (χ1) is 12.9. The number of hydrogen-bond donors (Lipinski definition) is 1. The molecule has 2 aromatic rings. The van der Waals surface area contributed by atoms with Gasteiger partial charge in [-0.2, -0.15) is 0 Å². The molecule has 6 heteroatoms. The predicted octanol–water partition coefficient (Wildman–Crippen LogP) is 3.67. The maximum absolute atomic E-state index is 12.9. The Kier molecular flexibility index (Phi) is 4.68. The van der Waals surface area contributed by atoms with Crippen LogP contribution in [0.3, 0.4) is 0 Å². The van der Waals surface area contributed by atoms with Gasteiger partial charge in [0, 0.05) is 19.2 Å². The minimum atomic E-state index is -3.66. The molecule has 0 bridgehead atoms. The predicted molar refractivity (Wildman–Crippen MR) is 107 cm³/mol. The lowest BCUT2D eigenvalue weighted by molar-refractivity contribution is -0.116. The Morgan fingerprint density at radius 2 is 1.63 bits per heavy atom. The van der Waals surface area contributed by atoms with E-state index < -0.39 is 10.0 Å². The summed E-state index contributed by atoms with van der Waals surface area (Å²) in [7, 11) is -3.66. The van der Waals surface area contributed by atoms with Gasteiger partial charge in [0.05, 0.1) is 10.6 Å². The minimum Gasteiger partial charge on any atom is -0.312 e. The van der Waals surface area contributed by atoms with Crippen LogP contribution < -0.4 is 9.62 Å². The lowest BCUT2D eigenvalue weighted by atomic mass is 9.92. The maximum atomic E-state index is 12.9. The average molecular weight is 385 g/mol. The van der Waals surface area contributed by atoms with Crippen LogP contribution in [0.4, 0.5) is 11.4 Å². The Morgan fingerprint density at radius 1 is 0.926 bits per heavy atom. The topological polar surface area (TPSA) is 66.5 Å². The minimum absolute atomic E-state index is 0.0226. The van der Waals surface area contributed by atoms with Gasteiger partial charge in [0.25, 0.3) is 10.0 Å². The van der Waals surface area contributed by atoms with Gasteiger partial charge < -0.3 is 4.90 Å². The van der Waals surface area contributed by atoms with Crippen LogP contribution in [0.25, 0.3) is 0 Å². The van der Waals surface area contributed by atoms with Gasteiger partial charge in [-0.3, -0.25) is 9.52 Å². The van der Waals surface area contributed by atoms with Crippen molar-refractivity contribution in [2.24, 2.45) is 0 Å². The quantitative estimate of drug-likeness (QED) is 0.878. The van der Waals surface area contributed by atoms with E-state index in [4.69, 9.17) is 0 Å². The van der Waals surface area contributed by atoms with E-state index in [-0.39, 0.29) is 5.91 Å². The fourth-order valence-electron chi connectivity index (χ4n) is 4.06.